The maximum Gasteiger partial charge on any atom is 0.0623 e. The average Bonchev–Trinajstić information content (AvgIpc) is 2.03. The monoisotopic (exact) mass is 352 g/mol. The van der Waals surface area contributed by atoms with Gasteiger partial charge in [0, 0.05) is 27.0 Å². The molecule has 1 nitrogen and oxygen atoms in total. The predicted octanol–water partition coefficient (Wildman–Crippen LogP) is 2.77. The molecule has 0 aromatic rings. The third-order valence-corrected chi connectivity index (χ3v) is 1.94. The minimum atomic E-state index is -0.230. The fraction of sp³-hybridized carbons (Fsp3) is 0.636. The van der Waals surface area contributed by atoms with Crippen LogP contribution in [0.5, 0.6) is 0 Å². The topological polar surface area (TPSA) is 20.2 Å². The van der Waals surface area contributed by atoms with Crippen LogP contribution in [0.3, 0.4) is 0 Å². The molecule has 0 aliphatic carbocycles. The van der Waals surface area contributed by atoms with E-state index in [2.05, 4.69) is 0 Å². The Balaban J connectivity index is 0. The summed E-state index contributed by atoms with van der Waals surface area (Å²) in [6.07, 6.45) is 7.74. The Morgan fingerprint density at radius 1 is 1.08 bits per heavy atom. The Morgan fingerprint density at radius 2 is 1.62 bits per heavy atom. The molecule has 0 fully saturated rings. The minimum absolute atomic E-state index is 0. The first kappa shape index (κ1) is 15.6. The van der Waals surface area contributed by atoms with Crippen LogP contribution >= 0.6 is 0 Å². The van der Waals surface area contributed by atoms with Gasteiger partial charge in [-0.1, -0.05) is 45.1 Å². The number of aliphatic hydroxyl groups excluding tert-OH is 1. The van der Waals surface area contributed by atoms with Crippen molar-refractivity contribution < 1.29 is 26.2 Å². The van der Waals surface area contributed by atoms with E-state index in [9.17, 15) is 5.11 Å². The summed E-state index contributed by atoms with van der Waals surface area (Å²) in [4.78, 5) is 0. The minimum Gasteiger partial charge on any atom is -0.392 e. The van der Waals surface area contributed by atoms with Gasteiger partial charge in [-0.2, -0.15) is 0 Å². The SMILES string of the molecule is C/C=C\C=C\[C@@H](C)[C@@H](O)C(C)C.[W]. The van der Waals surface area contributed by atoms with Crippen molar-refractivity contribution in [3.8, 4) is 0 Å². The van der Waals surface area contributed by atoms with Crippen molar-refractivity contribution >= 4 is 0 Å². The zero-order chi connectivity index (χ0) is 9.56. The van der Waals surface area contributed by atoms with E-state index in [1.807, 2.05) is 52.0 Å². The summed E-state index contributed by atoms with van der Waals surface area (Å²) in [5, 5.41) is 9.62. The molecule has 0 heterocycles. The summed E-state index contributed by atoms with van der Waals surface area (Å²) in [6, 6.07) is 0. The fourth-order valence-electron chi connectivity index (χ4n) is 1.07. The van der Waals surface area contributed by atoms with Gasteiger partial charge in [-0.05, 0) is 12.8 Å². The molecule has 0 aliphatic rings. The van der Waals surface area contributed by atoms with Gasteiger partial charge in [0.1, 0.15) is 0 Å². The van der Waals surface area contributed by atoms with Gasteiger partial charge in [0.2, 0.25) is 0 Å². The standard InChI is InChI=1S/C11H20O.W/c1-5-6-7-8-10(4)11(12)9(2)3;/h5-12H,1-4H3;/b6-5-,8-7+;/t10-,11+;/m1./s1. The molecule has 0 aromatic carbocycles. The van der Waals surface area contributed by atoms with Gasteiger partial charge in [-0.25, -0.2) is 0 Å². The van der Waals surface area contributed by atoms with Gasteiger partial charge < -0.3 is 5.11 Å². The number of hydrogen-bond donors (Lipinski definition) is 1. The van der Waals surface area contributed by atoms with Crippen LogP contribution in [-0.4, -0.2) is 11.2 Å². The second kappa shape index (κ2) is 8.71. The fourth-order valence-corrected chi connectivity index (χ4v) is 1.07. The molecule has 0 spiro atoms. The molecule has 0 bridgehead atoms. The number of aliphatic hydroxyl groups is 1. The molecule has 0 aliphatic heterocycles. The summed E-state index contributed by atoms with van der Waals surface area (Å²) in [5.41, 5.74) is 0. The van der Waals surface area contributed by atoms with Crippen molar-refractivity contribution in [2.75, 3.05) is 0 Å². The van der Waals surface area contributed by atoms with Crippen LogP contribution in [0.15, 0.2) is 24.3 Å². The molecule has 76 valence electrons. The van der Waals surface area contributed by atoms with Gasteiger partial charge in [0.25, 0.3) is 0 Å². The summed E-state index contributed by atoms with van der Waals surface area (Å²) in [7, 11) is 0. The maximum atomic E-state index is 9.62. The number of rotatable bonds is 4. The summed E-state index contributed by atoms with van der Waals surface area (Å²) < 4.78 is 0. The molecule has 0 saturated heterocycles. The zero-order valence-electron chi connectivity index (χ0n) is 8.90. The van der Waals surface area contributed by atoms with Crippen LogP contribution in [0.1, 0.15) is 27.7 Å². The van der Waals surface area contributed by atoms with E-state index < -0.39 is 0 Å². The van der Waals surface area contributed by atoms with E-state index in [1.54, 1.807) is 0 Å². The smallest absolute Gasteiger partial charge is 0.0623 e. The zero-order valence-corrected chi connectivity index (χ0v) is 11.8. The van der Waals surface area contributed by atoms with Crippen molar-refractivity contribution in [2.45, 2.75) is 33.8 Å². The maximum absolute atomic E-state index is 9.62. The Kier molecular flexibility index (Phi) is 10.5. The van der Waals surface area contributed by atoms with Crippen molar-refractivity contribution in [1.82, 2.24) is 0 Å². The summed E-state index contributed by atoms with van der Waals surface area (Å²) >= 11 is 0. The molecule has 13 heavy (non-hydrogen) atoms. The van der Waals surface area contributed by atoms with E-state index in [0.29, 0.717) is 5.92 Å². The van der Waals surface area contributed by atoms with E-state index in [0.717, 1.165) is 0 Å². The van der Waals surface area contributed by atoms with Crippen LogP contribution < -0.4 is 0 Å². The Bertz CT molecular complexity index is 161. The average molecular weight is 352 g/mol. The van der Waals surface area contributed by atoms with E-state index in [1.165, 1.54) is 0 Å². The van der Waals surface area contributed by atoms with Crippen molar-refractivity contribution in [1.29, 1.82) is 0 Å². The molecule has 1 N–H and O–H groups in total. The molecule has 0 aromatic heterocycles. The largest absolute Gasteiger partial charge is 0.392 e. The predicted molar refractivity (Wildman–Crippen MR) is 54.0 cm³/mol. The normalized spacial score (nSPS) is 16.5. The van der Waals surface area contributed by atoms with Crippen molar-refractivity contribution in [3.63, 3.8) is 0 Å². The van der Waals surface area contributed by atoms with Crippen LogP contribution in [0.2, 0.25) is 0 Å². The Morgan fingerprint density at radius 3 is 2.00 bits per heavy atom. The van der Waals surface area contributed by atoms with Gasteiger partial charge in [0.05, 0.1) is 6.10 Å². The van der Waals surface area contributed by atoms with E-state index in [4.69, 9.17) is 0 Å². The van der Waals surface area contributed by atoms with E-state index in [-0.39, 0.29) is 33.1 Å². The molecule has 2 atom stereocenters. The van der Waals surface area contributed by atoms with Crippen LogP contribution in [-0.2, 0) is 21.1 Å². The molecule has 0 saturated carbocycles. The first-order chi connectivity index (χ1) is 5.59. The van der Waals surface area contributed by atoms with Gasteiger partial charge in [0.15, 0.2) is 0 Å². The third-order valence-electron chi connectivity index (χ3n) is 1.94. The first-order valence-electron chi connectivity index (χ1n) is 4.57. The Hall–Kier alpha value is 0.128. The first-order valence-corrected chi connectivity index (χ1v) is 4.57. The van der Waals surface area contributed by atoms with Gasteiger partial charge in [-0.3, -0.25) is 0 Å². The second-order valence-corrected chi connectivity index (χ2v) is 3.50. The quantitative estimate of drug-likeness (QED) is 0.772. The molecule has 0 unspecified atom stereocenters. The number of allylic oxidation sites excluding steroid dienone is 3. The molecular formula is C11H20OW. The Labute approximate surface area is 96.2 Å². The third kappa shape index (κ3) is 7.22. The van der Waals surface area contributed by atoms with Crippen molar-refractivity contribution in [2.24, 2.45) is 11.8 Å². The summed E-state index contributed by atoms with van der Waals surface area (Å²) in [6.45, 7) is 8.08. The van der Waals surface area contributed by atoms with Crippen molar-refractivity contribution in [3.05, 3.63) is 24.3 Å². The van der Waals surface area contributed by atoms with Crippen LogP contribution in [0.25, 0.3) is 0 Å². The number of hydrogen-bond acceptors (Lipinski definition) is 1. The van der Waals surface area contributed by atoms with E-state index >= 15 is 0 Å². The molecule has 2 heteroatoms. The summed E-state index contributed by atoms with van der Waals surface area (Å²) in [5.74, 6) is 0.566. The van der Waals surface area contributed by atoms with Gasteiger partial charge >= 0.3 is 0 Å². The van der Waals surface area contributed by atoms with Crippen LogP contribution in [0, 0.1) is 11.8 Å². The second-order valence-electron chi connectivity index (χ2n) is 3.50. The molecule has 0 rings (SSSR count). The van der Waals surface area contributed by atoms with Gasteiger partial charge in [-0.15, -0.1) is 0 Å². The van der Waals surface area contributed by atoms with Crippen LogP contribution in [0.4, 0.5) is 0 Å². The molecule has 0 radical (unpaired) electrons. The molecule has 0 amide bonds. The molecular weight excluding hydrogens is 332 g/mol.